The minimum absolute atomic E-state index is 0.209. The number of carbonyl (C=O) groups is 1. The molecule has 0 aliphatic heterocycles. The van der Waals surface area contributed by atoms with Gasteiger partial charge in [0.05, 0.1) is 12.7 Å². The second-order valence-corrected chi connectivity index (χ2v) is 3.26. The molecule has 0 spiro atoms. The molecule has 0 saturated carbocycles. The molecule has 0 bridgehead atoms. The van der Waals surface area contributed by atoms with E-state index < -0.39 is 0 Å². The number of aliphatic hydroxyl groups excluding tert-OH is 1. The van der Waals surface area contributed by atoms with Crippen LogP contribution in [-0.2, 0) is 9.53 Å². The van der Waals surface area contributed by atoms with Gasteiger partial charge in [0.15, 0.2) is 0 Å². The quantitative estimate of drug-likeness (QED) is 0.610. The van der Waals surface area contributed by atoms with Crippen molar-refractivity contribution in [3.63, 3.8) is 0 Å². The lowest BCUT2D eigenvalue weighted by atomic mass is 9.89. The molecule has 1 aliphatic carbocycles. The molecule has 3 nitrogen and oxygen atoms in total. The molecule has 1 aliphatic rings. The summed E-state index contributed by atoms with van der Waals surface area (Å²) in [5, 5.41) is 9.42. The Morgan fingerprint density at radius 1 is 1.67 bits per heavy atom. The topological polar surface area (TPSA) is 46.5 Å². The van der Waals surface area contributed by atoms with Crippen LogP contribution in [0.2, 0.25) is 0 Å². The Bertz CT molecular complexity index is 218. The van der Waals surface area contributed by atoms with Gasteiger partial charge in [0.2, 0.25) is 0 Å². The zero-order valence-electron chi connectivity index (χ0n) is 7.46. The Balaban J connectivity index is 2.75. The van der Waals surface area contributed by atoms with Gasteiger partial charge in [0, 0.05) is 6.42 Å². The molecule has 12 heavy (non-hydrogen) atoms. The zero-order chi connectivity index (χ0) is 9.14. The highest BCUT2D eigenvalue weighted by atomic mass is 16.5. The average Bonchev–Trinajstić information content (AvgIpc) is 2.03. The third-order valence-electron chi connectivity index (χ3n) is 2.21. The summed E-state index contributed by atoms with van der Waals surface area (Å²) in [6.07, 6.45) is 2.19. The second-order valence-electron chi connectivity index (χ2n) is 3.26. The summed E-state index contributed by atoms with van der Waals surface area (Å²) < 4.78 is 4.54. The first-order chi connectivity index (χ1) is 5.65. The zero-order valence-corrected chi connectivity index (χ0v) is 7.46. The fraction of sp³-hybridized carbons (Fsp3) is 0.667. The molecular weight excluding hydrogens is 156 g/mol. The molecule has 68 valence electrons. The van der Waals surface area contributed by atoms with E-state index in [1.807, 2.05) is 0 Å². The van der Waals surface area contributed by atoms with Crippen molar-refractivity contribution in [2.45, 2.75) is 26.2 Å². The van der Waals surface area contributed by atoms with Gasteiger partial charge in [-0.25, -0.2) is 4.79 Å². The van der Waals surface area contributed by atoms with Crippen molar-refractivity contribution in [2.75, 3.05) is 7.11 Å². The maximum Gasteiger partial charge on any atom is 0.337 e. The molecule has 1 rings (SSSR count). The summed E-state index contributed by atoms with van der Waals surface area (Å²) in [7, 11) is 1.33. The predicted octanol–water partition coefficient (Wildman–Crippen LogP) is 1.79. The maximum atomic E-state index is 11.0. The first-order valence-electron chi connectivity index (χ1n) is 4.14. The number of carbonyl (C=O) groups excluding carboxylic acids is 1. The molecular formula is C9H14O3. The molecule has 3 heteroatoms. The molecule has 0 aromatic rings. The first kappa shape index (κ1) is 9.10. The van der Waals surface area contributed by atoms with Crippen LogP contribution in [0.25, 0.3) is 0 Å². The summed E-state index contributed by atoms with van der Waals surface area (Å²) in [5.41, 5.74) is 0.454. The Labute approximate surface area is 72.0 Å². The van der Waals surface area contributed by atoms with Gasteiger partial charge in [-0.05, 0) is 18.8 Å². The monoisotopic (exact) mass is 170 g/mol. The fourth-order valence-corrected chi connectivity index (χ4v) is 1.43. The SMILES string of the molecule is COC(=O)C1=C(O)CC(C)CC1. The molecule has 0 saturated heterocycles. The Morgan fingerprint density at radius 2 is 2.33 bits per heavy atom. The highest BCUT2D eigenvalue weighted by Crippen LogP contribution is 2.27. The lowest BCUT2D eigenvalue weighted by Gasteiger charge is -2.19. The van der Waals surface area contributed by atoms with Gasteiger partial charge in [0.1, 0.15) is 5.76 Å². The standard InChI is InChI=1S/C9H14O3/c1-6-3-4-7(8(10)5-6)9(11)12-2/h6,10H,3-5H2,1-2H3. The van der Waals surface area contributed by atoms with Crippen LogP contribution in [0, 0.1) is 5.92 Å². The number of hydrogen-bond acceptors (Lipinski definition) is 3. The van der Waals surface area contributed by atoms with E-state index in [0.29, 0.717) is 24.3 Å². The lowest BCUT2D eigenvalue weighted by molar-refractivity contribution is -0.136. The Hall–Kier alpha value is -0.990. The van der Waals surface area contributed by atoms with Crippen molar-refractivity contribution in [3.8, 4) is 0 Å². The molecule has 0 fully saturated rings. The van der Waals surface area contributed by atoms with Crippen molar-refractivity contribution < 1.29 is 14.6 Å². The molecule has 0 aromatic heterocycles. The summed E-state index contributed by atoms with van der Waals surface area (Å²) in [6.45, 7) is 2.06. The van der Waals surface area contributed by atoms with Crippen LogP contribution in [0.3, 0.4) is 0 Å². The number of ether oxygens (including phenoxy) is 1. The minimum atomic E-state index is -0.389. The molecule has 0 amide bonds. The summed E-state index contributed by atoms with van der Waals surface area (Å²) in [5.74, 6) is 0.290. The van der Waals surface area contributed by atoms with Gasteiger partial charge in [-0.1, -0.05) is 6.92 Å². The third-order valence-corrected chi connectivity index (χ3v) is 2.21. The Morgan fingerprint density at radius 3 is 2.83 bits per heavy atom. The van der Waals surface area contributed by atoms with E-state index in [9.17, 15) is 9.90 Å². The second kappa shape index (κ2) is 3.61. The van der Waals surface area contributed by atoms with Crippen molar-refractivity contribution in [1.82, 2.24) is 0 Å². The summed E-state index contributed by atoms with van der Waals surface area (Å²) in [4.78, 5) is 11.0. The average molecular weight is 170 g/mol. The predicted molar refractivity (Wildman–Crippen MR) is 44.7 cm³/mol. The van der Waals surface area contributed by atoms with E-state index >= 15 is 0 Å². The first-order valence-corrected chi connectivity index (χ1v) is 4.14. The normalized spacial score (nSPS) is 24.0. The number of esters is 1. The fourth-order valence-electron chi connectivity index (χ4n) is 1.43. The summed E-state index contributed by atoms with van der Waals surface area (Å²) in [6, 6.07) is 0. The largest absolute Gasteiger partial charge is 0.512 e. The molecule has 1 unspecified atom stereocenters. The van der Waals surface area contributed by atoms with Crippen molar-refractivity contribution in [1.29, 1.82) is 0 Å². The van der Waals surface area contributed by atoms with Crippen LogP contribution >= 0.6 is 0 Å². The minimum Gasteiger partial charge on any atom is -0.512 e. The number of allylic oxidation sites excluding steroid dienone is 1. The maximum absolute atomic E-state index is 11.0. The smallest absolute Gasteiger partial charge is 0.337 e. The van der Waals surface area contributed by atoms with E-state index in [1.165, 1.54) is 7.11 Å². The number of methoxy groups -OCH3 is 1. The number of hydrogen-bond donors (Lipinski definition) is 1. The molecule has 0 aromatic carbocycles. The van der Waals surface area contributed by atoms with Crippen LogP contribution in [0.4, 0.5) is 0 Å². The molecule has 1 N–H and O–H groups in total. The molecule has 0 radical (unpaired) electrons. The van der Waals surface area contributed by atoms with Crippen LogP contribution in [0.5, 0.6) is 0 Å². The van der Waals surface area contributed by atoms with Crippen LogP contribution in [-0.4, -0.2) is 18.2 Å². The Kier molecular flexibility index (Phi) is 2.74. The van der Waals surface area contributed by atoms with Crippen LogP contribution < -0.4 is 0 Å². The van der Waals surface area contributed by atoms with E-state index in [2.05, 4.69) is 11.7 Å². The van der Waals surface area contributed by atoms with E-state index in [-0.39, 0.29) is 11.7 Å². The summed E-state index contributed by atoms with van der Waals surface area (Å²) >= 11 is 0. The highest BCUT2D eigenvalue weighted by molar-refractivity contribution is 5.88. The third kappa shape index (κ3) is 1.78. The van der Waals surface area contributed by atoms with Crippen molar-refractivity contribution in [3.05, 3.63) is 11.3 Å². The van der Waals surface area contributed by atoms with Gasteiger partial charge in [-0.3, -0.25) is 0 Å². The van der Waals surface area contributed by atoms with Gasteiger partial charge in [0.25, 0.3) is 0 Å². The van der Waals surface area contributed by atoms with E-state index in [0.717, 1.165) is 6.42 Å². The molecule has 0 heterocycles. The highest BCUT2D eigenvalue weighted by Gasteiger charge is 2.22. The van der Waals surface area contributed by atoms with Gasteiger partial charge in [-0.2, -0.15) is 0 Å². The van der Waals surface area contributed by atoms with Crippen LogP contribution in [0.15, 0.2) is 11.3 Å². The number of aliphatic hydroxyl groups is 1. The lowest BCUT2D eigenvalue weighted by Crippen LogP contribution is -2.15. The van der Waals surface area contributed by atoms with Crippen molar-refractivity contribution >= 4 is 5.97 Å². The van der Waals surface area contributed by atoms with E-state index in [4.69, 9.17) is 0 Å². The van der Waals surface area contributed by atoms with Gasteiger partial charge >= 0.3 is 5.97 Å². The van der Waals surface area contributed by atoms with Crippen LogP contribution in [0.1, 0.15) is 26.2 Å². The van der Waals surface area contributed by atoms with Gasteiger partial charge < -0.3 is 9.84 Å². The van der Waals surface area contributed by atoms with E-state index in [1.54, 1.807) is 0 Å². The number of rotatable bonds is 1. The molecule has 1 atom stereocenters. The van der Waals surface area contributed by atoms with Gasteiger partial charge in [-0.15, -0.1) is 0 Å². The van der Waals surface area contributed by atoms with Crippen molar-refractivity contribution in [2.24, 2.45) is 5.92 Å².